The highest BCUT2D eigenvalue weighted by Gasteiger charge is 2.28. The Labute approximate surface area is 135 Å². The molecule has 2 heterocycles. The van der Waals surface area contributed by atoms with Gasteiger partial charge in [-0.1, -0.05) is 18.2 Å². The molecule has 0 saturated carbocycles. The van der Waals surface area contributed by atoms with Gasteiger partial charge in [0.25, 0.3) is 5.91 Å². The molecule has 0 atom stereocenters. The lowest BCUT2D eigenvalue weighted by Gasteiger charge is -2.35. The number of nitrogens with zero attached hydrogens (tertiary/aromatic N) is 1. The van der Waals surface area contributed by atoms with Crippen LogP contribution < -0.4 is 10.6 Å². The first-order valence-corrected chi connectivity index (χ1v) is 7.81. The molecule has 120 valence electrons. The van der Waals surface area contributed by atoms with Crippen molar-refractivity contribution in [2.24, 2.45) is 0 Å². The number of benzene rings is 1. The van der Waals surface area contributed by atoms with Crippen LogP contribution >= 0.6 is 0 Å². The molecule has 2 aromatic rings. The molecule has 0 aliphatic carbocycles. The minimum absolute atomic E-state index is 0.167. The van der Waals surface area contributed by atoms with Crippen LogP contribution in [0.4, 0.5) is 4.39 Å². The number of hydrogen-bond donors (Lipinski definition) is 2. The van der Waals surface area contributed by atoms with Gasteiger partial charge in [0.2, 0.25) is 0 Å². The average Bonchev–Trinajstić information content (AvgIpc) is 2.55. The van der Waals surface area contributed by atoms with Crippen molar-refractivity contribution in [3.63, 3.8) is 0 Å². The Morgan fingerprint density at radius 1 is 1.26 bits per heavy atom. The number of halogens is 1. The second kappa shape index (κ2) is 6.46. The predicted molar refractivity (Wildman–Crippen MR) is 87.6 cm³/mol. The van der Waals surface area contributed by atoms with E-state index < -0.39 is 0 Å². The molecule has 1 aromatic heterocycles. The van der Waals surface area contributed by atoms with Crippen LogP contribution in [0.2, 0.25) is 0 Å². The maximum Gasteiger partial charge on any atom is 0.253 e. The first-order chi connectivity index (χ1) is 11.1. The number of carbonyl (C=O) groups is 1. The standard InChI is InChI=1S/C18H20FN3O/c1-18(6-8-20-9-7-18)22-17(23)14-10-13(11-21-12-14)15-4-2-3-5-16(15)19/h2-5,10-12,20H,6-9H2,1H3,(H,22,23). The van der Waals surface area contributed by atoms with E-state index in [1.165, 1.54) is 12.3 Å². The van der Waals surface area contributed by atoms with E-state index in [0.29, 0.717) is 16.7 Å². The van der Waals surface area contributed by atoms with Crippen LogP contribution in [0.1, 0.15) is 30.1 Å². The normalized spacial score (nSPS) is 16.8. The van der Waals surface area contributed by atoms with Gasteiger partial charge in [-0.2, -0.15) is 0 Å². The third-order valence-electron chi connectivity index (χ3n) is 4.31. The topological polar surface area (TPSA) is 54.0 Å². The molecule has 0 radical (unpaired) electrons. The van der Waals surface area contributed by atoms with Gasteiger partial charge in [-0.3, -0.25) is 9.78 Å². The Morgan fingerprint density at radius 3 is 2.74 bits per heavy atom. The summed E-state index contributed by atoms with van der Waals surface area (Å²) in [4.78, 5) is 16.6. The van der Waals surface area contributed by atoms with Crippen molar-refractivity contribution in [2.45, 2.75) is 25.3 Å². The maximum absolute atomic E-state index is 13.9. The highest BCUT2D eigenvalue weighted by atomic mass is 19.1. The van der Waals surface area contributed by atoms with E-state index in [0.717, 1.165) is 25.9 Å². The van der Waals surface area contributed by atoms with Gasteiger partial charge >= 0.3 is 0 Å². The van der Waals surface area contributed by atoms with Crippen LogP contribution in [-0.4, -0.2) is 29.5 Å². The zero-order valence-corrected chi connectivity index (χ0v) is 13.1. The van der Waals surface area contributed by atoms with E-state index in [9.17, 15) is 9.18 Å². The van der Waals surface area contributed by atoms with Crippen LogP contribution in [0.15, 0.2) is 42.7 Å². The molecule has 1 amide bonds. The van der Waals surface area contributed by atoms with Gasteiger partial charge in [0.1, 0.15) is 5.82 Å². The van der Waals surface area contributed by atoms with Crippen molar-refractivity contribution in [3.8, 4) is 11.1 Å². The van der Waals surface area contributed by atoms with E-state index in [1.807, 2.05) is 0 Å². The highest BCUT2D eigenvalue weighted by molar-refractivity contribution is 5.95. The van der Waals surface area contributed by atoms with Gasteiger partial charge in [0.15, 0.2) is 0 Å². The molecule has 1 fully saturated rings. The summed E-state index contributed by atoms with van der Waals surface area (Å²) in [5.74, 6) is -0.489. The molecule has 0 bridgehead atoms. The number of amides is 1. The van der Waals surface area contributed by atoms with Gasteiger partial charge in [0.05, 0.1) is 5.56 Å². The number of carbonyl (C=O) groups excluding carboxylic acids is 1. The average molecular weight is 313 g/mol. The molecule has 1 saturated heterocycles. The number of pyridine rings is 1. The fourth-order valence-corrected chi connectivity index (χ4v) is 2.86. The van der Waals surface area contributed by atoms with Crippen molar-refractivity contribution in [1.82, 2.24) is 15.6 Å². The molecule has 1 aliphatic heterocycles. The maximum atomic E-state index is 13.9. The van der Waals surface area contributed by atoms with Gasteiger partial charge in [-0.15, -0.1) is 0 Å². The van der Waals surface area contributed by atoms with Crippen molar-refractivity contribution in [3.05, 3.63) is 54.1 Å². The van der Waals surface area contributed by atoms with E-state index >= 15 is 0 Å². The zero-order valence-electron chi connectivity index (χ0n) is 13.1. The Balaban J connectivity index is 1.82. The molecule has 5 heteroatoms. The molecule has 0 spiro atoms. The van der Waals surface area contributed by atoms with Gasteiger partial charge in [-0.05, 0) is 45.0 Å². The van der Waals surface area contributed by atoms with E-state index in [4.69, 9.17) is 0 Å². The smallest absolute Gasteiger partial charge is 0.253 e. The van der Waals surface area contributed by atoms with E-state index in [-0.39, 0.29) is 17.3 Å². The lowest BCUT2D eigenvalue weighted by Crippen LogP contribution is -2.52. The third kappa shape index (κ3) is 3.56. The summed E-state index contributed by atoms with van der Waals surface area (Å²) >= 11 is 0. The number of nitrogens with one attached hydrogen (secondary N) is 2. The lowest BCUT2D eigenvalue weighted by atomic mass is 9.90. The summed E-state index contributed by atoms with van der Waals surface area (Å²) < 4.78 is 13.9. The lowest BCUT2D eigenvalue weighted by molar-refractivity contribution is 0.0887. The predicted octanol–water partition coefficient (Wildman–Crippen LogP) is 2.76. The molecular formula is C18H20FN3O. The Hall–Kier alpha value is -2.27. The van der Waals surface area contributed by atoms with Crippen LogP contribution in [-0.2, 0) is 0 Å². The van der Waals surface area contributed by atoms with Gasteiger partial charge in [0, 0.05) is 29.1 Å². The second-order valence-electron chi connectivity index (χ2n) is 6.21. The minimum Gasteiger partial charge on any atom is -0.347 e. The largest absolute Gasteiger partial charge is 0.347 e. The zero-order chi connectivity index (χ0) is 16.3. The number of aromatic nitrogens is 1. The molecule has 4 nitrogen and oxygen atoms in total. The molecular weight excluding hydrogens is 293 g/mol. The molecule has 23 heavy (non-hydrogen) atoms. The van der Waals surface area contributed by atoms with Crippen molar-refractivity contribution >= 4 is 5.91 Å². The monoisotopic (exact) mass is 313 g/mol. The molecule has 1 aliphatic rings. The van der Waals surface area contributed by atoms with E-state index in [1.54, 1.807) is 30.5 Å². The fourth-order valence-electron chi connectivity index (χ4n) is 2.86. The highest BCUT2D eigenvalue weighted by Crippen LogP contribution is 2.23. The summed E-state index contributed by atoms with van der Waals surface area (Å²) in [5, 5.41) is 6.38. The summed E-state index contributed by atoms with van der Waals surface area (Å²) in [6.45, 7) is 3.84. The molecule has 0 unspecified atom stereocenters. The third-order valence-corrected chi connectivity index (χ3v) is 4.31. The van der Waals surface area contributed by atoms with Crippen molar-refractivity contribution in [2.75, 3.05) is 13.1 Å². The number of piperidine rings is 1. The summed E-state index contributed by atoms with van der Waals surface area (Å²) in [6.07, 6.45) is 4.86. The first kappa shape index (κ1) is 15.6. The van der Waals surface area contributed by atoms with Crippen LogP contribution in [0.25, 0.3) is 11.1 Å². The summed E-state index contributed by atoms with van der Waals surface area (Å²) in [7, 11) is 0. The van der Waals surface area contributed by atoms with Crippen LogP contribution in [0.3, 0.4) is 0 Å². The summed E-state index contributed by atoms with van der Waals surface area (Å²) in [6, 6.07) is 8.17. The first-order valence-electron chi connectivity index (χ1n) is 7.81. The van der Waals surface area contributed by atoms with Gasteiger partial charge in [-0.25, -0.2) is 4.39 Å². The minimum atomic E-state index is -0.322. The Bertz CT molecular complexity index is 711. The van der Waals surface area contributed by atoms with Crippen LogP contribution in [0, 0.1) is 5.82 Å². The second-order valence-corrected chi connectivity index (χ2v) is 6.21. The summed E-state index contributed by atoms with van der Waals surface area (Å²) in [5.41, 5.74) is 1.29. The van der Waals surface area contributed by atoms with Gasteiger partial charge < -0.3 is 10.6 Å². The number of rotatable bonds is 3. The van der Waals surface area contributed by atoms with E-state index in [2.05, 4.69) is 22.5 Å². The quantitative estimate of drug-likeness (QED) is 0.916. The molecule has 1 aromatic carbocycles. The number of hydrogen-bond acceptors (Lipinski definition) is 3. The Kier molecular flexibility index (Phi) is 4.39. The molecule has 3 rings (SSSR count). The SMILES string of the molecule is CC1(NC(=O)c2cncc(-c3ccccc3F)c2)CCNCC1. The molecule has 2 N–H and O–H groups in total. The van der Waals surface area contributed by atoms with Crippen LogP contribution in [0.5, 0.6) is 0 Å². The fraction of sp³-hybridized carbons (Fsp3) is 0.333. The Morgan fingerprint density at radius 2 is 2.00 bits per heavy atom. The van der Waals surface area contributed by atoms with Crippen molar-refractivity contribution in [1.29, 1.82) is 0 Å². The van der Waals surface area contributed by atoms with Crippen molar-refractivity contribution < 1.29 is 9.18 Å².